The summed E-state index contributed by atoms with van der Waals surface area (Å²) in [4.78, 5) is 22.5. The second kappa shape index (κ2) is 6.71. The van der Waals surface area contributed by atoms with E-state index in [1.807, 2.05) is 6.07 Å². The van der Waals surface area contributed by atoms with E-state index in [1.54, 1.807) is 45.0 Å². The van der Waals surface area contributed by atoms with E-state index in [1.165, 1.54) is 0 Å². The van der Waals surface area contributed by atoms with Crippen molar-refractivity contribution in [3.63, 3.8) is 0 Å². The summed E-state index contributed by atoms with van der Waals surface area (Å²) in [6.07, 6.45) is 0.251. The number of carbonyl (C=O) groups is 2. The minimum absolute atomic E-state index is 0.119. The third kappa shape index (κ3) is 5.11. The number of carbonyl (C=O) groups excluding carboxylic acids is 2. The van der Waals surface area contributed by atoms with Gasteiger partial charge in [0.25, 0.3) is 0 Å². The summed E-state index contributed by atoms with van der Waals surface area (Å²) >= 11 is 0. The first-order valence-corrected chi connectivity index (χ1v) is 6.29. The van der Waals surface area contributed by atoms with Gasteiger partial charge in [-0.3, -0.25) is 0 Å². The quantitative estimate of drug-likeness (QED) is 0.856. The maximum Gasteiger partial charge on any atom is 0.408 e. The minimum atomic E-state index is -0.607. The standard InChI is InChI=1S/C15H18N2O3/c1-15(2,3)20-14(19)17-13(7-8-18)12-6-4-5-11(9-12)10-16/h4-6,8-9,13H,7H2,1-3H3,(H,17,19). The van der Waals surface area contributed by atoms with Crippen LogP contribution in [0.3, 0.4) is 0 Å². The Morgan fingerprint density at radius 2 is 2.20 bits per heavy atom. The molecule has 1 rings (SSSR count). The average molecular weight is 274 g/mol. The van der Waals surface area contributed by atoms with Gasteiger partial charge in [-0.15, -0.1) is 0 Å². The highest BCUT2D eigenvalue weighted by molar-refractivity contribution is 5.69. The van der Waals surface area contributed by atoms with Crippen molar-refractivity contribution in [2.24, 2.45) is 0 Å². The van der Waals surface area contributed by atoms with Gasteiger partial charge in [-0.25, -0.2) is 4.79 Å². The molecule has 5 nitrogen and oxygen atoms in total. The summed E-state index contributed by atoms with van der Waals surface area (Å²) in [6, 6.07) is 8.29. The van der Waals surface area contributed by atoms with Crippen molar-refractivity contribution in [2.75, 3.05) is 0 Å². The van der Waals surface area contributed by atoms with Crippen molar-refractivity contribution >= 4 is 12.4 Å². The van der Waals surface area contributed by atoms with Crippen molar-refractivity contribution in [1.82, 2.24) is 5.32 Å². The Morgan fingerprint density at radius 3 is 2.75 bits per heavy atom. The predicted octanol–water partition coefficient (Wildman–Crippen LogP) is 2.71. The van der Waals surface area contributed by atoms with Gasteiger partial charge in [-0.2, -0.15) is 5.26 Å². The number of benzene rings is 1. The molecular weight excluding hydrogens is 256 g/mol. The maximum absolute atomic E-state index is 11.8. The van der Waals surface area contributed by atoms with Gasteiger partial charge >= 0.3 is 6.09 Å². The van der Waals surface area contributed by atoms with Crippen LogP contribution >= 0.6 is 0 Å². The predicted molar refractivity (Wildman–Crippen MR) is 73.9 cm³/mol. The van der Waals surface area contributed by atoms with E-state index < -0.39 is 17.7 Å². The van der Waals surface area contributed by atoms with Crippen LogP contribution in [0.5, 0.6) is 0 Å². The SMILES string of the molecule is CC(C)(C)OC(=O)NC(CC=O)c1cccc(C#N)c1. The molecular formula is C15H18N2O3. The molecule has 0 radical (unpaired) electrons. The van der Waals surface area contributed by atoms with Gasteiger partial charge in [0, 0.05) is 6.42 Å². The number of hydrogen-bond donors (Lipinski definition) is 1. The van der Waals surface area contributed by atoms with Crippen LogP contribution in [0.1, 0.15) is 44.4 Å². The summed E-state index contributed by atoms with van der Waals surface area (Å²) in [5, 5.41) is 11.5. The third-order valence-corrected chi connectivity index (χ3v) is 2.44. The summed E-state index contributed by atoms with van der Waals surface area (Å²) in [5.74, 6) is 0. The van der Waals surface area contributed by atoms with Crippen LogP contribution in [0.4, 0.5) is 4.79 Å². The number of alkyl carbamates (subject to hydrolysis) is 1. The Kier molecular flexibility index (Phi) is 5.27. The molecule has 1 atom stereocenters. The highest BCUT2D eigenvalue weighted by atomic mass is 16.6. The molecule has 0 saturated heterocycles. The van der Waals surface area contributed by atoms with Crippen LogP contribution in [0.25, 0.3) is 0 Å². The summed E-state index contributed by atoms with van der Waals surface area (Å²) in [7, 11) is 0. The lowest BCUT2D eigenvalue weighted by Crippen LogP contribution is -2.35. The Balaban J connectivity index is 2.86. The van der Waals surface area contributed by atoms with Crippen LogP contribution in [-0.2, 0) is 9.53 Å². The van der Waals surface area contributed by atoms with Crippen molar-refractivity contribution in [1.29, 1.82) is 5.26 Å². The number of nitrogens with one attached hydrogen (secondary N) is 1. The summed E-state index contributed by atoms with van der Waals surface area (Å²) in [6.45, 7) is 5.28. The van der Waals surface area contributed by atoms with Crippen molar-refractivity contribution in [3.8, 4) is 6.07 Å². The van der Waals surface area contributed by atoms with Crippen molar-refractivity contribution in [2.45, 2.75) is 38.8 Å². The molecule has 0 heterocycles. The molecule has 1 unspecified atom stereocenters. The zero-order chi connectivity index (χ0) is 15.2. The molecule has 5 heteroatoms. The van der Waals surface area contributed by atoms with E-state index in [0.717, 1.165) is 6.29 Å². The van der Waals surface area contributed by atoms with E-state index in [4.69, 9.17) is 10.00 Å². The topological polar surface area (TPSA) is 79.2 Å². The Morgan fingerprint density at radius 1 is 1.50 bits per heavy atom. The van der Waals surface area contributed by atoms with Gasteiger partial charge in [0.1, 0.15) is 11.9 Å². The van der Waals surface area contributed by atoms with Crippen molar-refractivity contribution in [3.05, 3.63) is 35.4 Å². The molecule has 0 saturated carbocycles. The lowest BCUT2D eigenvalue weighted by molar-refractivity contribution is -0.108. The first kappa shape index (κ1) is 15.7. The van der Waals surface area contributed by atoms with Gasteiger partial charge in [0.05, 0.1) is 17.7 Å². The van der Waals surface area contributed by atoms with E-state index >= 15 is 0 Å². The van der Waals surface area contributed by atoms with E-state index in [0.29, 0.717) is 11.1 Å². The number of amides is 1. The molecule has 1 aromatic rings. The van der Waals surface area contributed by atoms with E-state index in [2.05, 4.69) is 5.32 Å². The molecule has 20 heavy (non-hydrogen) atoms. The van der Waals surface area contributed by atoms with Crippen LogP contribution in [0.15, 0.2) is 24.3 Å². The molecule has 0 aromatic heterocycles. The number of nitriles is 1. The lowest BCUT2D eigenvalue weighted by atomic mass is 10.0. The van der Waals surface area contributed by atoms with Gasteiger partial charge in [0.2, 0.25) is 0 Å². The van der Waals surface area contributed by atoms with Crippen LogP contribution in [0.2, 0.25) is 0 Å². The molecule has 0 aliphatic rings. The second-order valence-electron chi connectivity index (χ2n) is 5.34. The van der Waals surface area contributed by atoms with Crippen LogP contribution < -0.4 is 5.32 Å². The molecule has 0 fully saturated rings. The zero-order valence-electron chi connectivity index (χ0n) is 11.8. The highest BCUT2D eigenvalue weighted by Crippen LogP contribution is 2.18. The lowest BCUT2D eigenvalue weighted by Gasteiger charge is -2.23. The summed E-state index contributed by atoms with van der Waals surface area (Å²) in [5.41, 5.74) is 0.566. The average Bonchev–Trinajstić information content (AvgIpc) is 2.36. The number of nitrogens with zero attached hydrogens (tertiary/aromatic N) is 1. The third-order valence-electron chi connectivity index (χ3n) is 2.44. The molecule has 0 aliphatic carbocycles. The Bertz CT molecular complexity index is 527. The van der Waals surface area contributed by atoms with Gasteiger partial charge in [-0.1, -0.05) is 12.1 Å². The van der Waals surface area contributed by atoms with Gasteiger partial charge in [0.15, 0.2) is 0 Å². The molecule has 1 aromatic carbocycles. The molecule has 1 amide bonds. The first-order chi connectivity index (χ1) is 9.35. The molecule has 0 bridgehead atoms. The maximum atomic E-state index is 11.8. The number of hydrogen-bond acceptors (Lipinski definition) is 4. The highest BCUT2D eigenvalue weighted by Gasteiger charge is 2.20. The van der Waals surface area contributed by atoms with E-state index in [-0.39, 0.29) is 6.42 Å². The van der Waals surface area contributed by atoms with Crippen LogP contribution in [-0.4, -0.2) is 18.0 Å². The minimum Gasteiger partial charge on any atom is -0.444 e. The monoisotopic (exact) mass is 274 g/mol. The second-order valence-corrected chi connectivity index (χ2v) is 5.34. The largest absolute Gasteiger partial charge is 0.444 e. The Hall–Kier alpha value is -2.35. The smallest absolute Gasteiger partial charge is 0.408 e. The van der Waals surface area contributed by atoms with E-state index in [9.17, 15) is 9.59 Å². The van der Waals surface area contributed by atoms with Gasteiger partial charge < -0.3 is 14.8 Å². The first-order valence-electron chi connectivity index (χ1n) is 6.29. The Labute approximate surface area is 118 Å². The molecule has 0 spiro atoms. The fraction of sp³-hybridized carbons (Fsp3) is 0.400. The normalized spacial score (nSPS) is 12.1. The molecule has 0 aliphatic heterocycles. The molecule has 1 N–H and O–H groups in total. The number of ether oxygens (including phenoxy) is 1. The van der Waals surface area contributed by atoms with Crippen LogP contribution in [0, 0.1) is 11.3 Å². The molecule has 106 valence electrons. The number of rotatable bonds is 4. The number of aldehydes is 1. The fourth-order valence-corrected chi connectivity index (χ4v) is 1.65. The zero-order valence-corrected chi connectivity index (χ0v) is 11.8. The van der Waals surface area contributed by atoms with Crippen molar-refractivity contribution < 1.29 is 14.3 Å². The van der Waals surface area contributed by atoms with Gasteiger partial charge in [-0.05, 0) is 38.5 Å². The fourth-order valence-electron chi connectivity index (χ4n) is 1.65. The summed E-state index contributed by atoms with van der Waals surface area (Å²) < 4.78 is 5.16.